The standard InChI is InChI=1S/C11H15N5/c1-8-14-9(2)16(15-8)7-10-3-4-13-11(5-10)6-12/h3-5H,6-7,12H2,1-2H3. The van der Waals surface area contributed by atoms with Gasteiger partial charge in [0, 0.05) is 12.7 Å². The average molecular weight is 217 g/mol. The molecule has 0 fully saturated rings. The van der Waals surface area contributed by atoms with Crippen LogP contribution < -0.4 is 5.73 Å². The molecule has 0 atom stereocenters. The topological polar surface area (TPSA) is 69.6 Å². The minimum atomic E-state index is 0.462. The predicted octanol–water partition coefficient (Wildman–Crippen LogP) is 0.797. The largest absolute Gasteiger partial charge is 0.325 e. The fourth-order valence-electron chi connectivity index (χ4n) is 1.62. The van der Waals surface area contributed by atoms with E-state index in [1.54, 1.807) is 6.20 Å². The summed E-state index contributed by atoms with van der Waals surface area (Å²) in [5.41, 5.74) is 7.59. The minimum absolute atomic E-state index is 0.462. The highest BCUT2D eigenvalue weighted by molar-refractivity contribution is 5.16. The number of hydrogen-bond donors (Lipinski definition) is 1. The van der Waals surface area contributed by atoms with Crippen LogP contribution in [0.3, 0.4) is 0 Å². The highest BCUT2D eigenvalue weighted by atomic mass is 15.3. The van der Waals surface area contributed by atoms with Crippen LogP contribution >= 0.6 is 0 Å². The Bertz CT molecular complexity index is 489. The molecule has 16 heavy (non-hydrogen) atoms. The molecule has 0 spiro atoms. The molecule has 0 saturated carbocycles. The molecule has 0 aliphatic carbocycles. The van der Waals surface area contributed by atoms with E-state index in [1.165, 1.54) is 0 Å². The fraction of sp³-hybridized carbons (Fsp3) is 0.364. The summed E-state index contributed by atoms with van der Waals surface area (Å²) in [6.07, 6.45) is 1.77. The lowest BCUT2D eigenvalue weighted by atomic mass is 10.2. The molecular weight excluding hydrogens is 202 g/mol. The van der Waals surface area contributed by atoms with Gasteiger partial charge in [0.15, 0.2) is 0 Å². The smallest absolute Gasteiger partial charge is 0.147 e. The second-order valence-corrected chi connectivity index (χ2v) is 3.72. The lowest BCUT2D eigenvalue weighted by Gasteiger charge is -2.04. The third-order valence-corrected chi connectivity index (χ3v) is 2.39. The van der Waals surface area contributed by atoms with E-state index in [1.807, 2.05) is 30.7 Å². The number of hydrogen-bond acceptors (Lipinski definition) is 4. The molecule has 2 heterocycles. The van der Waals surface area contributed by atoms with Crippen LogP contribution in [-0.2, 0) is 13.1 Å². The van der Waals surface area contributed by atoms with E-state index < -0.39 is 0 Å². The van der Waals surface area contributed by atoms with Crippen molar-refractivity contribution >= 4 is 0 Å². The third-order valence-electron chi connectivity index (χ3n) is 2.39. The number of nitrogens with two attached hydrogens (primary N) is 1. The van der Waals surface area contributed by atoms with E-state index in [0.717, 1.165) is 22.9 Å². The van der Waals surface area contributed by atoms with Crippen molar-refractivity contribution in [1.82, 2.24) is 19.7 Å². The third kappa shape index (κ3) is 2.25. The summed E-state index contributed by atoms with van der Waals surface area (Å²) in [6.45, 7) is 5.01. The van der Waals surface area contributed by atoms with Crippen LogP contribution in [0.15, 0.2) is 18.3 Å². The molecule has 0 aromatic carbocycles. The Morgan fingerprint density at radius 1 is 1.38 bits per heavy atom. The van der Waals surface area contributed by atoms with Crippen LogP contribution in [-0.4, -0.2) is 19.7 Å². The van der Waals surface area contributed by atoms with Crippen molar-refractivity contribution in [3.63, 3.8) is 0 Å². The molecular formula is C11H15N5. The Balaban J connectivity index is 2.23. The van der Waals surface area contributed by atoms with Crippen molar-refractivity contribution in [2.45, 2.75) is 26.9 Å². The minimum Gasteiger partial charge on any atom is -0.325 e. The first-order valence-corrected chi connectivity index (χ1v) is 5.21. The SMILES string of the molecule is Cc1nc(C)n(Cc2ccnc(CN)c2)n1. The second-order valence-electron chi connectivity index (χ2n) is 3.72. The van der Waals surface area contributed by atoms with Crippen molar-refractivity contribution < 1.29 is 0 Å². The average Bonchev–Trinajstić information content (AvgIpc) is 2.58. The summed E-state index contributed by atoms with van der Waals surface area (Å²) in [5.74, 6) is 1.72. The van der Waals surface area contributed by atoms with Crippen molar-refractivity contribution in [1.29, 1.82) is 0 Å². The Hall–Kier alpha value is -1.75. The van der Waals surface area contributed by atoms with Gasteiger partial charge in [-0.1, -0.05) is 0 Å². The van der Waals surface area contributed by atoms with E-state index in [-0.39, 0.29) is 0 Å². The van der Waals surface area contributed by atoms with E-state index in [4.69, 9.17) is 5.73 Å². The van der Waals surface area contributed by atoms with Gasteiger partial charge in [-0.05, 0) is 31.5 Å². The van der Waals surface area contributed by atoms with E-state index in [9.17, 15) is 0 Å². The normalized spacial score (nSPS) is 10.7. The second kappa shape index (κ2) is 4.40. The molecule has 0 saturated heterocycles. The summed E-state index contributed by atoms with van der Waals surface area (Å²) in [4.78, 5) is 8.42. The van der Waals surface area contributed by atoms with Gasteiger partial charge >= 0.3 is 0 Å². The van der Waals surface area contributed by atoms with Gasteiger partial charge in [0.2, 0.25) is 0 Å². The molecule has 5 heteroatoms. The van der Waals surface area contributed by atoms with Gasteiger partial charge in [-0.15, -0.1) is 0 Å². The molecule has 2 N–H and O–H groups in total. The van der Waals surface area contributed by atoms with Gasteiger partial charge in [-0.2, -0.15) is 5.10 Å². The number of nitrogens with zero attached hydrogens (tertiary/aromatic N) is 4. The van der Waals surface area contributed by atoms with Crippen molar-refractivity contribution in [3.8, 4) is 0 Å². The highest BCUT2D eigenvalue weighted by Crippen LogP contribution is 2.05. The fourth-order valence-corrected chi connectivity index (χ4v) is 1.62. The molecule has 5 nitrogen and oxygen atoms in total. The van der Waals surface area contributed by atoms with E-state index in [2.05, 4.69) is 15.1 Å². The number of aryl methyl sites for hydroxylation is 2. The molecule has 0 aliphatic rings. The number of pyridine rings is 1. The van der Waals surface area contributed by atoms with Gasteiger partial charge in [0.25, 0.3) is 0 Å². The molecule has 2 aromatic heterocycles. The Kier molecular flexibility index (Phi) is 2.96. The van der Waals surface area contributed by atoms with Crippen LogP contribution in [0, 0.1) is 13.8 Å². The summed E-state index contributed by atoms with van der Waals surface area (Å²) >= 11 is 0. The Morgan fingerprint density at radius 3 is 2.81 bits per heavy atom. The summed E-state index contributed by atoms with van der Waals surface area (Å²) in [7, 11) is 0. The van der Waals surface area contributed by atoms with Crippen molar-refractivity contribution in [2.75, 3.05) is 0 Å². The molecule has 2 rings (SSSR count). The van der Waals surface area contributed by atoms with Crippen LogP contribution in [0.1, 0.15) is 22.9 Å². The molecule has 84 valence electrons. The van der Waals surface area contributed by atoms with Gasteiger partial charge in [-0.25, -0.2) is 9.67 Å². The number of aromatic nitrogens is 4. The van der Waals surface area contributed by atoms with Gasteiger partial charge in [-0.3, -0.25) is 4.98 Å². The molecule has 0 unspecified atom stereocenters. The highest BCUT2D eigenvalue weighted by Gasteiger charge is 2.03. The number of rotatable bonds is 3. The van der Waals surface area contributed by atoms with E-state index >= 15 is 0 Å². The maximum atomic E-state index is 5.55. The molecule has 0 aliphatic heterocycles. The first-order chi connectivity index (χ1) is 7.69. The zero-order chi connectivity index (χ0) is 11.5. The maximum absolute atomic E-state index is 5.55. The summed E-state index contributed by atoms with van der Waals surface area (Å²) in [6, 6.07) is 3.96. The maximum Gasteiger partial charge on any atom is 0.147 e. The quantitative estimate of drug-likeness (QED) is 0.825. The first-order valence-electron chi connectivity index (χ1n) is 5.21. The van der Waals surface area contributed by atoms with Gasteiger partial charge in [0.1, 0.15) is 11.6 Å². The summed E-state index contributed by atoms with van der Waals surface area (Å²) in [5, 5.41) is 4.31. The lowest BCUT2D eigenvalue weighted by Crippen LogP contribution is -2.06. The molecule has 0 radical (unpaired) electrons. The Labute approximate surface area is 94.3 Å². The zero-order valence-electron chi connectivity index (χ0n) is 9.51. The van der Waals surface area contributed by atoms with Gasteiger partial charge < -0.3 is 5.73 Å². The van der Waals surface area contributed by atoms with Crippen molar-refractivity contribution in [3.05, 3.63) is 41.2 Å². The predicted molar refractivity (Wildman–Crippen MR) is 60.7 cm³/mol. The first kappa shape index (κ1) is 10.8. The zero-order valence-corrected chi connectivity index (χ0v) is 9.51. The molecule has 0 amide bonds. The molecule has 2 aromatic rings. The Morgan fingerprint density at radius 2 is 2.19 bits per heavy atom. The van der Waals surface area contributed by atoms with Gasteiger partial charge in [0.05, 0.1) is 12.2 Å². The lowest BCUT2D eigenvalue weighted by molar-refractivity contribution is 0.654. The van der Waals surface area contributed by atoms with Crippen LogP contribution in [0.25, 0.3) is 0 Å². The van der Waals surface area contributed by atoms with E-state index in [0.29, 0.717) is 13.1 Å². The van der Waals surface area contributed by atoms with Crippen LogP contribution in [0.4, 0.5) is 0 Å². The monoisotopic (exact) mass is 217 g/mol. The summed E-state index contributed by atoms with van der Waals surface area (Å²) < 4.78 is 1.88. The van der Waals surface area contributed by atoms with Crippen molar-refractivity contribution in [2.24, 2.45) is 5.73 Å². The van der Waals surface area contributed by atoms with Crippen LogP contribution in [0.5, 0.6) is 0 Å². The van der Waals surface area contributed by atoms with Crippen LogP contribution in [0.2, 0.25) is 0 Å². The molecule has 0 bridgehead atoms.